The molecular formula is C21H28N2O. The van der Waals surface area contributed by atoms with E-state index >= 15 is 0 Å². The number of likely N-dealkylation sites (N-methyl/N-ethyl adjacent to an activating group) is 1. The minimum atomic E-state index is -0.00467. The molecule has 2 aliphatic carbocycles. The van der Waals surface area contributed by atoms with E-state index in [1.54, 1.807) is 5.56 Å². The molecule has 128 valence electrons. The first-order valence-electron chi connectivity index (χ1n) is 9.46. The minimum absolute atomic E-state index is 0.00467. The first-order valence-corrected chi connectivity index (χ1v) is 9.46. The number of hydrogen-bond acceptors (Lipinski definition) is 2. The Labute approximate surface area is 145 Å². The Bertz CT molecular complexity index is 689. The normalized spacial score (nSPS) is 28.1. The summed E-state index contributed by atoms with van der Waals surface area (Å²) in [5, 5.41) is 0. The molecule has 0 spiro atoms. The minimum Gasteiger partial charge on any atom is -0.343 e. The zero-order valence-corrected chi connectivity index (χ0v) is 15.1. The molecule has 1 amide bonds. The smallest absolute Gasteiger partial charge is 0.230 e. The van der Waals surface area contributed by atoms with Crippen LogP contribution in [0.25, 0.3) is 5.57 Å². The van der Waals surface area contributed by atoms with Gasteiger partial charge in [0.1, 0.15) is 0 Å². The van der Waals surface area contributed by atoms with E-state index in [4.69, 9.17) is 0 Å². The van der Waals surface area contributed by atoms with Crippen LogP contribution >= 0.6 is 0 Å². The quantitative estimate of drug-likeness (QED) is 0.852. The lowest BCUT2D eigenvalue weighted by Crippen LogP contribution is -2.47. The monoisotopic (exact) mass is 324 g/mol. The van der Waals surface area contributed by atoms with E-state index < -0.39 is 0 Å². The van der Waals surface area contributed by atoms with Gasteiger partial charge in [-0.2, -0.15) is 0 Å². The molecule has 24 heavy (non-hydrogen) atoms. The predicted molar refractivity (Wildman–Crippen MR) is 97.9 cm³/mol. The van der Waals surface area contributed by atoms with Crippen LogP contribution < -0.4 is 0 Å². The van der Waals surface area contributed by atoms with Gasteiger partial charge in [-0.15, -0.1) is 0 Å². The number of aryl methyl sites for hydroxylation is 1. The molecular weight excluding hydrogens is 296 g/mol. The molecule has 4 rings (SSSR count). The van der Waals surface area contributed by atoms with Gasteiger partial charge < -0.3 is 4.90 Å². The SMILES string of the molecule is CCN(CC)C(=O)[C@H]1C=C2c3cccc4c3C(CC4)C[C@H]2N(C)C1. The largest absolute Gasteiger partial charge is 0.343 e. The average Bonchev–Trinajstić information content (AvgIpc) is 3.01. The van der Waals surface area contributed by atoms with Gasteiger partial charge in [0, 0.05) is 25.7 Å². The topological polar surface area (TPSA) is 23.6 Å². The van der Waals surface area contributed by atoms with Crippen molar-refractivity contribution >= 4 is 11.5 Å². The molecule has 1 heterocycles. The summed E-state index contributed by atoms with van der Waals surface area (Å²) in [7, 11) is 2.20. The Morgan fingerprint density at radius 1 is 1.29 bits per heavy atom. The second kappa shape index (κ2) is 6.03. The highest BCUT2D eigenvalue weighted by atomic mass is 16.2. The molecule has 1 unspecified atom stereocenters. The molecule has 0 bridgehead atoms. The Morgan fingerprint density at radius 3 is 2.83 bits per heavy atom. The number of fused-ring (bicyclic) bond motifs is 2. The van der Waals surface area contributed by atoms with Gasteiger partial charge in [0.25, 0.3) is 0 Å². The third-order valence-electron chi connectivity index (χ3n) is 6.33. The van der Waals surface area contributed by atoms with Crippen molar-refractivity contribution in [2.24, 2.45) is 5.92 Å². The van der Waals surface area contributed by atoms with Gasteiger partial charge in [-0.1, -0.05) is 24.3 Å². The summed E-state index contributed by atoms with van der Waals surface area (Å²) >= 11 is 0. The summed E-state index contributed by atoms with van der Waals surface area (Å²) in [6.07, 6.45) is 6.04. The molecule has 0 radical (unpaired) electrons. The Kier molecular flexibility index (Phi) is 4.00. The standard InChI is InChI=1S/C21H28N2O/c1-4-23(5-2)21(24)16-11-18-17-8-6-7-14-9-10-15(20(14)17)12-19(18)22(3)13-16/h6-8,11,15-16,19H,4-5,9-10,12-13H2,1-3H3/t15?,16-,19+/m0/s1. The maximum absolute atomic E-state index is 12.9. The maximum atomic E-state index is 12.9. The summed E-state index contributed by atoms with van der Waals surface area (Å²) in [6.45, 7) is 6.58. The van der Waals surface area contributed by atoms with Gasteiger partial charge in [-0.25, -0.2) is 0 Å². The maximum Gasteiger partial charge on any atom is 0.230 e. The highest BCUT2D eigenvalue weighted by Crippen LogP contribution is 2.49. The molecule has 0 saturated carbocycles. The van der Waals surface area contributed by atoms with Crippen LogP contribution in [0.15, 0.2) is 24.3 Å². The Morgan fingerprint density at radius 2 is 2.08 bits per heavy atom. The zero-order valence-electron chi connectivity index (χ0n) is 15.1. The van der Waals surface area contributed by atoms with Crippen LogP contribution in [-0.4, -0.2) is 48.4 Å². The van der Waals surface area contributed by atoms with Crippen LogP contribution in [0, 0.1) is 5.92 Å². The van der Waals surface area contributed by atoms with E-state index in [1.807, 2.05) is 4.90 Å². The second-order valence-electron chi connectivity index (χ2n) is 7.54. The molecule has 3 atom stereocenters. The molecule has 0 saturated heterocycles. The number of carbonyl (C=O) groups excluding carboxylic acids is 1. The van der Waals surface area contributed by atoms with E-state index in [-0.39, 0.29) is 11.8 Å². The van der Waals surface area contributed by atoms with Crippen LogP contribution in [0.3, 0.4) is 0 Å². The summed E-state index contributed by atoms with van der Waals surface area (Å²) in [4.78, 5) is 17.3. The lowest BCUT2D eigenvalue weighted by atomic mass is 9.74. The van der Waals surface area contributed by atoms with Gasteiger partial charge in [-0.05, 0) is 68.3 Å². The molecule has 3 heteroatoms. The first-order chi connectivity index (χ1) is 11.6. The average molecular weight is 324 g/mol. The fourth-order valence-electron chi connectivity index (χ4n) is 5.09. The highest BCUT2D eigenvalue weighted by molar-refractivity contribution is 5.86. The number of carbonyl (C=O) groups is 1. The lowest BCUT2D eigenvalue weighted by molar-refractivity contribution is -0.134. The van der Waals surface area contributed by atoms with Gasteiger partial charge in [-0.3, -0.25) is 9.69 Å². The first kappa shape index (κ1) is 15.9. The Balaban J connectivity index is 1.75. The van der Waals surface area contributed by atoms with Crippen molar-refractivity contribution in [1.29, 1.82) is 0 Å². The summed E-state index contributed by atoms with van der Waals surface area (Å²) in [5.41, 5.74) is 5.96. The van der Waals surface area contributed by atoms with Crippen LogP contribution in [0.2, 0.25) is 0 Å². The van der Waals surface area contributed by atoms with Crippen LogP contribution in [-0.2, 0) is 11.2 Å². The van der Waals surface area contributed by atoms with Crippen molar-refractivity contribution in [2.45, 2.75) is 45.1 Å². The molecule has 1 aliphatic heterocycles. The zero-order chi connectivity index (χ0) is 16.8. The number of hydrogen-bond donors (Lipinski definition) is 0. The van der Waals surface area contributed by atoms with Crippen molar-refractivity contribution in [2.75, 3.05) is 26.7 Å². The van der Waals surface area contributed by atoms with Crippen molar-refractivity contribution in [3.05, 3.63) is 41.0 Å². The molecule has 3 aliphatic rings. The van der Waals surface area contributed by atoms with Gasteiger partial charge in [0.05, 0.1) is 5.92 Å². The van der Waals surface area contributed by atoms with E-state index in [0.717, 1.165) is 25.6 Å². The van der Waals surface area contributed by atoms with Crippen molar-refractivity contribution in [3.8, 4) is 0 Å². The van der Waals surface area contributed by atoms with E-state index in [9.17, 15) is 4.79 Å². The molecule has 0 aromatic heterocycles. The summed E-state index contributed by atoms with van der Waals surface area (Å²) in [6, 6.07) is 7.27. The number of benzene rings is 1. The third-order valence-corrected chi connectivity index (χ3v) is 6.33. The second-order valence-corrected chi connectivity index (χ2v) is 7.54. The number of amides is 1. The van der Waals surface area contributed by atoms with E-state index in [2.05, 4.69) is 50.1 Å². The summed E-state index contributed by atoms with van der Waals surface area (Å²) < 4.78 is 0. The number of nitrogens with zero attached hydrogens (tertiary/aromatic N) is 2. The van der Waals surface area contributed by atoms with E-state index in [0.29, 0.717) is 6.04 Å². The highest BCUT2D eigenvalue weighted by Gasteiger charge is 2.40. The predicted octanol–water partition coefficient (Wildman–Crippen LogP) is 3.30. The molecule has 3 nitrogen and oxygen atoms in total. The van der Waals surface area contributed by atoms with E-state index in [1.165, 1.54) is 36.0 Å². The fourth-order valence-corrected chi connectivity index (χ4v) is 5.09. The molecule has 0 fully saturated rings. The molecule has 1 aromatic carbocycles. The fraction of sp³-hybridized carbons (Fsp3) is 0.571. The lowest BCUT2D eigenvalue weighted by Gasteiger charge is -2.43. The van der Waals surface area contributed by atoms with Crippen molar-refractivity contribution < 1.29 is 4.79 Å². The van der Waals surface area contributed by atoms with Crippen molar-refractivity contribution in [1.82, 2.24) is 9.80 Å². The Hall–Kier alpha value is -1.61. The van der Waals surface area contributed by atoms with Crippen LogP contribution in [0.5, 0.6) is 0 Å². The van der Waals surface area contributed by atoms with Crippen molar-refractivity contribution in [3.63, 3.8) is 0 Å². The number of rotatable bonds is 3. The third kappa shape index (κ3) is 2.33. The molecule has 0 N–H and O–H groups in total. The van der Waals surface area contributed by atoms with Gasteiger partial charge >= 0.3 is 0 Å². The molecule has 1 aromatic rings. The van der Waals surface area contributed by atoms with Gasteiger partial charge in [0.15, 0.2) is 0 Å². The summed E-state index contributed by atoms with van der Waals surface area (Å²) in [5.74, 6) is 0.998. The van der Waals surface area contributed by atoms with Crippen LogP contribution in [0.4, 0.5) is 0 Å². The van der Waals surface area contributed by atoms with Crippen LogP contribution in [0.1, 0.15) is 49.3 Å². The van der Waals surface area contributed by atoms with Gasteiger partial charge in [0.2, 0.25) is 5.91 Å².